The molecular weight excluding hydrogens is 312 g/mol. The van der Waals surface area contributed by atoms with Crippen LogP contribution < -0.4 is 5.32 Å². The molecule has 0 spiro atoms. The molecule has 120 valence electrons. The van der Waals surface area contributed by atoms with E-state index in [9.17, 15) is 9.59 Å². The predicted molar refractivity (Wildman–Crippen MR) is 88.7 cm³/mol. The number of amides is 1. The van der Waals surface area contributed by atoms with Crippen LogP contribution in [0.3, 0.4) is 0 Å². The molecule has 3 rings (SSSR count). The Labute approximate surface area is 138 Å². The van der Waals surface area contributed by atoms with Crippen LogP contribution in [0, 0.1) is 0 Å². The van der Waals surface area contributed by atoms with E-state index in [0.717, 1.165) is 12.8 Å². The van der Waals surface area contributed by atoms with Crippen molar-refractivity contribution < 1.29 is 14.3 Å². The molecule has 2 heterocycles. The first-order chi connectivity index (χ1) is 11.1. The maximum Gasteiger partial charge on any atom is 0.349 e. The number of aryl methyl sites for hydroxylation is 2. The minimum Gasteiger partial charge on any atom is -0.448 e. The Hall–Kier alpha value is -2.21. The minimum atomic E-state index is -0.872. The van der Waals surface area contributed by atoms with Crippen molar-refractivity contribution in [2.75, 3.05) is 5.32 Å². The van der Waals surface area contributed by atoms with Gasteiger partial charge in [0.2, 0.25) is 0 Å². The monoisotopic (exact) mass is 330 g/mol. The standard InChI is InChI=1S/C17H18N2O3S/c1-11(16(20)19-15-8-4-5-9-18-15)22-17(21)14-10-12-6-2-3-7-13(12)23-14/h4-5,8-11H,2-3,6-7H2,1H3,(H,18,19,20). The zero-order valence-electron chi connectivity index (χ0n) is 12.9. The van der Waals surface area contributed by atoms with E-state index >= 15 is 0 Å². The number of rotatable bonds is 4. The van der Waals surface area contributed by atoms with Gasteiger partial charge in [-0.2, -0.15) is 0 Å². The van der Waals surface area contributed by atoms with Gasteiger partial charge in [0, 0.05) is 11.1 Å². The molecule has 0 saturated carbocycles. The number of hydrogen-bond acceptors (Lipinski definition) is 5. The summed E-state index contributed by atoms with van der Waals surface area (Å²) in [7, 11) is 0. The average Bonchev–Trinajstić information content (AvgIpc) is 3.00. The van der Waals surface area contributed by atoms with Gasteiger partial charge in [0.15, 0.2) is 6.10 Å². The fourth-order valence-electron chi connectivity index (χ4n) is 2.53. The molecule has 1 N–H and O–H groups in total. The molecule has 0 fully saturated rings. The third-order valence-electron chi connectivity index (χ3n) is 3.77. The topological polar surface area (TPSA) is 68.3 Å². The van der Waals surface area contributed by atoms with Gasteiger partial charge in [-0.25, -0.2) is 9.78 Å². The Morgan fingerprint density at radius 3 is 2.87 bits per heavy atom. The fourth-order valence-corrected chi connectivity index (χ4v) is 3.66. The Bertz CT molecular complexity index is 688. The number of carbonyl (C=O) groups excluding carboxylic acids is 2. The number of thiophene rings is 1. The Kier molecular flexibility index (Phi) is 4.71. The van der Waals surface area contributed by atoms with E-state index in [1.54, 1.807) is 31.3 Å². The van der Waals surface area contributed by atoms with E-state index in [2.05, 4.69) is 10.3 Å². The molecule has 1 aliphatic rings. The lowest BCUT2D eigenvalue weighted by molar-refractivity contribution is -0.123. The second-order valence-electron chi connectivity index (χ2n) is 5.52. The first-order valence-electron chi connectivity index (χ1n) is 7.68. The van der Waals surface area contributed by atoms with E-state index < -0.39 is 18.0 Å². The summed E-state index contributed by atoms with van der Waals surface area (Å²) in [4.78, 5) is 30.1. The van der Waals surface area contributed by atoms with Crippen LogP contribution in [0.25, 0.3) is 0 Å². The van der Waals surface area contributed by atoms with Crippen molar-refractivity contribution >= 4 is 29.0 Å². The van der Waals surface area contributed by atoms with Crippen molar-refractivity contribution in [2.45, 2.75) is 38.7 Å². The van der Waals surface area contributed by atoms with Crippen molar-refractivity contribution in [3.05, 3.63) is 45.8 Å². The van der Waals surface area contributed by atoms with E-state index in [1.165, 1.54) is 34.6 Å². The van der Waals surface area contributed by atoms with Crippen molar-refractivity contribution in [3.63, 3.8) is 0 Å². The summed E-state index contributed by atoms with van der Waals surface area (Å²) >= 11 is 1.48. The van der Waals surface area contributed by atoms with E-state index in [0.29, 0.717) is 10.7 Å². The molecule has 2 aromatic rings. The van der Waals surface area contributed by atoms with Gasteiger partial charge in [0.25, 0.3) is 5.91 Å². The predicted octanol–water partition coefficient (Wildman–Crippen LogP) is 3.21. The number of nitrogens with one attached hydrogen (secondary N) is 1. The molecule has 0 saturated heterocycles. The molecule has 0 radical (unpaired) electrons. The normalized spacial score (nSPS) is 14.7. The number of fused-ring (bicyclic) bond motifs is 1. The van der Waals surface area contributed by atoms with Crippen LogP contribution in [0.5, 0.6) is 0 Å². The molecule has 0 aromatic carbocycles. The SMILES string of the molecule is CC(OC(=O)c1cc2c(s1)CCCC2)C(=O)Nc1ccccn1. The van der Waals surface area contributed by atoms with E-state index in [4.69, 9.17) is 4.74 Å². The van der Waals surface area contributed by atoms with Gasteiger partial charge in [0.05, 0.1) is 0 Å². The van der Waals surface area contributed by atoms with E-state index in [1.807, 2.05) is 6.07 Å². The highest BCUT2D eigenvalue weighted by Crippen LogP contribution is 2.30. The third kappa shape index (κ3) is 3.76. The molecule has 1 aliphatic carbocycles. The van der Waals surface area contributed by atoms with Gasteiger partial charge in [-0.05, 0) is 56.4 Å². The number of esters is 1. The molecule has 0 aliphatic heterocycles. The van der Waals surface area contributed by atoms with Gasteiger partial charge in [-0.15, -0.1) is 11.3 Å². The minimum absolute atomic E-state index is 0.390. The maximum absolute atomic E-state index is 12.2. The number of pyridine rings is 1. The van der Waals surface area contributed by atoms with Crippen molar-refractivity contribution in [1.82, 2.24) is 4.98 Å². The highest BCUT2D eigenvalue weighted by molar-refractivity contribution is 7.14. The van der Waals surface area contributed by atoms with Crippen LogP contribution in [0.15, 0.2) is 30.5 Å². The van der Waals surface area contributed by atoms with Gasteiger partial charge >= 0.3 is 5.97 Å². The smallest absolute Gasteiger partial charge is 0.349 e. The van der Waals surface area contributed by atoms with Crippen LogP contribution >= 0.6 is 11.3 Å². The Morgan fingerprint density at radius 2 is 2.13 bits per heavy atom. The van der Waals surface area contributed by atoms with Crippen molar-refractivity contribution in [2.24, 2.45) is 0 Å². The number of anilines is 1. The number of nitrogens with zero attached hydrogens (tertiary/aromatic N) is 1. The summed E-state index contributed by atoms with van der Waals surface area (Å²) < 4.78 is 5.28. The molecule has 5 nitrogen and oxygen atoms in total. The Balaban J connectivity index is 1.60. The lowest BCUT2D eigenvalue weighted by Gasteiger charge is -2.12. The van der Waals surface area contributed by atoms with Crippen LogP contribution in [0.4, 0.5) is 5.82 Å². The average molecular weight is 330 g/mol. The highest BCUT2D eigenvalue weighted by Gasteiger charge is 2.22. The number of carbonyl (C=O) groups is 2. The maximum atomic E-state index is 12.2. The summed E-state index contributed by atoms with van der Waals surface area (Å²) in [5.41, 5.74) is 1.25. The third-order valence-corrected chi connectivity index (χ3v) is 4.98. The summed E-state index contributed by atoms with van der Waals surface area (Å²) in [5.74, 6) is -0.390. The molecule has 0 bridgehead atoms. The molecule has 6 heteroatoms. The molecular formula is C17H18N2O3S. The summed E-state index contributed by atoms with van der Waals surface area (Å²) in [6.45, 7) is 1.56. The number of hydrogen-bond donors (Lipinski definition) is 1. The largest absolute Gasteiger partial charge is 0.448 e. The summed E-state index contributed by atoms with van der Waals surface area (Å²) in [5, 5.41) is 2.62. The van der Waals surface area contributed by atoms with Crippen molar-refractivity contribution in [3.8, 4) is 0 Å². The Morgan fingerprint density at radius 1 is 1.30 bits per heavy atom. The lowest BCUT2D eigenvalue weighted by Crippen LogP contribution is -2.30. The molecule has 2 aromatic heterocycles. The molecule has 1 amide bonds. The summed E-state index contributed by atoms with van der Waals surface area (Å²) in [6, 6.07) is 7.12. The van der Waals surface area contributed by atoms with Crippen LogP contribution in [-0.4, -0.2) is 23.0 Å². The number of ether oxygens (including phenoxy) is 1. The van der Waals surface area contributed by atoms with Gasteiger partial charge < -0.3 is 10.1 Å². The van der Waals surface area contributed by atoms with Crippen LogP contribution in [0.2, 0.25) is 0 Å². The first kappa shape index (κ1) is 15.7. The van der Waals surface area contributed by atoms with Crippen LogP contribution in [0.1, 0.15) is 39.9 Å². The molecule has 1 atom stereocenters. The second kappa shape index (κ2) is 6.91. The molecule has 1 unspecified atom stereocenters. The second-order valence-corrected chi connectivity index (χ2v) is 6.65. The highest BCUT2D eigenvalue weighted by atomic mass is 32.1. The van der Waals surface area contributed by atoms with Gasteiger partial charge in [-0.1, -0.05) is 6.07 Å². The zero-order chi connectivity index (χ0) is 16.2. The van der Waals surface area contributed by atoms with Gasteiger partial charge in [0.1, 0.15) is 10.7 Å². The zero-order valence-corrected chi connectivity index (χ0v) is 13.7. The quantitative estimate of drug-likeness (QED) is 0.874. The van der Waals surface area contributed by atoms with Gasteiger partial charge in [-0.3, -0.25) is 4.79 Å². The van der Waals surface area contributed by atoms with Crippen molar-refractivity contribution in [1.29, 1.82) is 0 Å². The van der Waals surface area contributed by atoms with Crippen LogP contribution in [-0.2, 0) is 22.4 Å². The molecule has 23 heavy (non-hydrogen) atoms. The summed E-state index contributed by atoms with van der Waals surface area (Å²) in [6.07, 6.45) is 5.11. The fraction of sp³-hybridized carbons (Fsp3) is 0.353. The lowest BCUT2D eigenvalue weighted by atomic mass is 9.99. The van der Waals surface area contributed by atoms with E-state index in [-0.39, 0.29) is 0 Å². The first-order valence-corrected chi connectivity index (χ1v) is 8.49. The number of aromatic nitrogens is 1.